The topological polar surface area (TPSA) is 69.6 Å². The summed E-state index contributed by atoms with van der Waals surface area (Å²) in [5.74, 6) is -0.0892. The highest BCUT2D eigenvalue weighted by atomic mass is 16.4. The number of carboxylic acids is 1. The third-order valence-corrected chi connectivity index (χ3v) is 4.29. The van der Waals surface area contributed by atoms with Crippen LogP contribution < -0.4 is 5.32 Å². The minimum atomic E-state index is -0.775. The van der Waals surface area contributed by atoms with E-state index in [4.69, 9.17) is 5.11 Å². The Labute approximate surface area is 107 Å². The molecule has 0 aromatic carbocycles. The van der Waals surface area contributed by atoms with Crippen LogP contribution >= 0.6 is 0 Å². The normalized spacial score (nSPS) is 24.4. The fraction of sp³-hybridized carbons (Fsp3) is 0.846. The lowest BCUT2D eigenvalue weighted by atomic mass is 10.1. The zero-order chi connectivity index (χ0) is 12.8. The monoisotopic (exact) mass is 252 g/mol. The maximum atomic E-state index is 12.1. The summed E-state index contributed by atoms with van der Waals surface area (Å²) in [6.07, 6.45) is 6.04. The summed E-state index contributed by atoms with van der Waals surface area (Å²) in [4.78, 5) is 25.1. The van der Waals surface area contributed by atoms with Crippen LogP contribution in [0.4, 0.5) is 4.79 Å². The quantitative estimate of drug-likeness (QED) is 0.751. The van der Waals surface area contributed by atoms with Crippen molar-refractivity contribution in [1.82, 2.24) is 10.2 Å². The fourth-order valence-corrected chi connectivity index (χ4v) is 2.33. The van der Waals surface area contributed by atoms with Crippen LogP contribution in [-0.4, -0.2) is 41.1 Å². The highest BCUT2D eigenvalue weighted by Crippen LogP contribution is 2.45. The summed E-state index contributed by atoms with van der Waals surface area (Å²) >= 11 is 0. The van der Waals surface area contributed by atoms with Crippen LogP contribution in [0.15, 0.2) is 0 Å². The maximum Gasteiger partial charge on any atom is 0.317 e. The first kappa shape index (κ1) is 11.8. The Morgan fingerprint density at radius 2 is 1.89 bits per heavy atom. The van der Waals surface area contributed by atoms with Gasteiger partial charge >= 0.3 is 12.0 Å². The van der Waals surface area contributed by atoms with Gasteiger partial charge in [-0.15, -0.1) is 0 Å². The molecule has 0 atom stereocenters. The number of amides is 2. The number of nitrogens with one attached hydrogen (secondary N) is 1. The highest BCUT2D eigenvalue weighted by Gasteiger charge is 2.50. The van der Waals surface area contributed by atoms with Crippen molar-refractivity contribution in [2.45, 2.75) is 44.6 Å². The van der Waals surface area contributed by atoms with Gasteiger partial charge in [0.1, 0.15) is 0 Å². The highest BCUT2D eigenvalue weighted by molar-refractivity contribution is 5.80. The number of aliphatic carboxylic acids is 1. The molecule has 0 saturated heterocycles. The standard InChI is InChI=1S/C13H20N2O3/c16-11(17)13(5-6-13)8-14-12(18)15(10-3-4-10)7-9-1-2-9/h9-10H,1-8H2,(H,14,18)(H,16,17). The number of carbonyl (C=O) groups is 2. The van der Waals surface area contributed by atoms with Crippen molar-refractivity contribution >= 4 is 12.0 Å². The molecule has 0 unspecified atom stereocenters. The number of carboxylic acid groups (broad SMARTS) is 1. The number of urea groups is 1. The van der Waals surface area contributed by atoms with Crippen LogP contribution in [0.5, 0.6) is 0 Å². The number of carbonyl (C=O) groups excluding carboxylic acids is 1. The molecule has 3 saturated carbocycles. The molecule has 5 nitrogen and oxygen atoms in total. The first-order chi connectivity index (χ1) is 8.61. The minimum absolute atomic E-state index is 0.0584. The SMILES string of the molecule is O=C(NCC1(C(=O)O)CC1)N(CC1CC1)C1CC1. The summed E-state index contributed by atoms with van der Waals surface area (Å²) < 4.78 is 0. The van der Waals surface area contributed by atoms with Crippen LogP contribution in [0.25, 0.3) is 0 Å². The van der Waals surface area contributed by atoms with Crippen LogP contribution in [0.1, 0.15) is 38.5 Å². The first-order valence-electron chi connectivity index (χ1n) is 6.89. The molecule has 100 valence electrons. The van der Waals surface area contributed by atoms with Crippen molar-refractivity contribution in [2.24, 2.45) is 11.3 Å². The first-order valence-corrected chi connectivity index (χ1v) is 6.89. The number of hydrogen-bond acceptors (Lipinski definition) is 2. The lowest BCUT2D eigenvalue weighted by Gasteiger charge is -2.23. The van der Waals surface area contributed by atoms with E-state index in [2.05, 4.69) is 5.32 Å². The molecule has 3 rings (SSSR count). The Bertz CT molecular complexity index is 370. The van der Waals surface area contributed by atoms with E-state index in [1.165, 1.54) is 12.8 Å². The van der Waals surface area contributed by atoms with Gasteiger partial charge in [-0.05, 0) is 44.4 Å². The van der Waals surface area contributed by atoms with Crippen LogP contribution in [-0.2, 0) is 4.79 Å². The fourth-order valence-electron chi connectivity index (χ4n) is 2.33. The van der Waals surface area contributed by atoms with Gasteiger partial charge in [0.25, 0.3) is 0 Å². The Kier molecular flexibility index (Phi) is 2.72. The smallest absolute Gasteiger partial charge is 0.317 e. The molecular formula is C13H20N2O3. The van der Waals surface area contributed by atoms with Crippen LogP contribution in [0.2, 0.25) is 0 Å². The van der Waals surface area contributed by atoms with Crippen molar-refractivity contribution in [3.63, 3.8) is 0 Å². The summed E-state index contributed by atoms with van der Waals surface area (Å²) in [5.41, 5.74) is -0.662. The van der Waals surface area contributed by atoms with E-state index in [1.807, 2.05) is 4.90 Å². The Hall–Kier alpha value is -1.26. The lowest BCUT2D eigenvalue weighted by molar-refractivity contribution is -0.143. The van der Waals surface area contributed by atoms with Gasteiger partial charge in [-0.1, -0.05) is 0 Å². The van der Waals surface area contributed by atoms with Crippen molar-refractivity contribution in [2.75, 3.05) is 13.1 Å². The predicted molar refractivity (Wildman–Crippen MR) is 65.2 cm³/mol. The molecule has 2 N–H and O–H groups in total. The average molecular weight is 252 g/mol. The zero-order valence-corrected chi connectivity index (χ0v) is 10.5. The van der Waals surface area contributed by atoms with Crippen LogP contribution in [0.3, 0.4) is 0 Å². The summed E-state index contributed by atoms with van der Waals surface area (Å²) in [7, 11) is 0. The second-order valence-electron chi connectivity index (χ2n) is 6.07. The zero-order valence-electron chi connectivity index (χ0n) is 10.5. The molecule has 0 bridgehead atoms. The molecular weight excluding hydrogens is 232 g/mol. The van der Waals surface area contributed by atoms with Gasteiger partial charge in [-0.2, -0.15) is 0 Å². The second kappa shape index (κ2) is 4.14. The minimum Gasteiger partial charge on any atom is -0.481 e. The summed E-state index contributed by atoms with van der Waals surface area (Å²) in [5, 5.41) is 11.9. The number of rotatable bonds is 6. The van der Waals surface area contributed by atoms with Crippen molar-refractivity contribution < 1.29 is 14.7 Å². The van der Waals surface area contributed by atoms with E-state index in [-0.39, 0.29) is 12.6 Å². The number of nitrogens with zero attached hydrogens (tertiary/aromatic N) is 1. The molecule has 0 aliphatic heterocycles. The third kappa shape index (κ3) is 2.44. The van der Waals surface area contributed by atoms with E-state index in [9.17, 15) is 9.59 Å². The molecule has 3 aliphatic carbocycles. The van der Waals surface area contributed by atoms with E-state index >= 15 is 0 Å². The van der Waals surface area contributed by atoms with Crippen molar-refractivity contribution in [3.8, 4) is 0 Å². The lowest BCUT2D eigenvalue weighted by Crippen LogP contribution is -2.45. The van der Waals surface area contributed by atoms with E-state index < -0.39 is 11.4 Å². The largest absolute Gasteiger partial charge is 0.481 e. The van der Waals surface area contributed by atoms with E-state index in [0.717, 1.165) is 19.4 Å². The van der Waals surface area contributed by atoms with E-state index in [1.54, 1.807) is 0 Å². The van der Waals surface area contributed by atoms with Gasteiger partial charge in [0.2, 0.25) is 0 Å². The summed E-state index contributed by atoms with van der Waals surface area (Å²) in [6, 6.07) is 0.350. The molecule has 0 aromatic heterocycles. The van der Waals surface area contributed by atoms with E-state index in [0.29, 0.717) is 24.8 Å². The molecule has 3 aliphatic rings. The molecule has 0 spiro atoms. The van der Waals surface area contributed by atoms with Crippen molar-refractivity contribution in [3.05, 3.63) is 0 Å². The van der Waals surface area contributed by atoms with Gasteiger partial charge in [0.05, 0.1) is 5.41 Å². The predicted octanol–water partition coefficient (Wildman–Crippen LogP) is 1.44. The van der Waals surface area contributed by atoms with Gasteiger partial charge in [0, 0.05) is 19.1 Å². The molecule has 3 fully saturated rings. The molecule has 2 amide bonds. The van der Waals surface area contributed by atoms with Gasteiger partial charge in [0.15, 0.2) is 0 Å². The Balaban J connectivity index is 1.51. The van der Waals surface area contributed by atoms with Crippen LogP contribution in [0, 0.1) is 11.3 Å². The maximum absolute atomic E-state index is 12.1. The van der Waals surface area contributed by atoms with Crippen molar-refractivity contribution in [1.29, 1.82) is 0 Å². The Morgan fingerprint density at radius 3 is 2.33 bits per heavy atom. The van der Waals surface area contributed by atoms with Gasteiger partial charge in [-0.3, -0.25) is 4.79 Å². The average Bonchev–Trinajstić information content (AvgIpc) is 3.19. The van der Waals surface area contributed by atoms with Gasteiger partial charge in [-0.25, -0.2) is 4.79 Å². The molecule has 18 heavy (non-hydrogen) atoms. The molecule has 5 heteroatoms. The second-order valence-corrected chi connectivity index (χ2v) is 6.07. The third-order valence-electron chi connectivity index (χ3n) is 4.29. The Morgan fingerprint density at radius 1 is 1.22 bits per heavy atom. The number of hydrogen-bond donors (Lipinski definition) is 2. The molecule has 0 heterocycles. The molecule has 0 radical (unpaired) electrons. The van der Waals surface area contributed by atoms with Gasteiger partial charge < -0.3 is 15.3 Å². The molecule has 0 aromatic rings. The summed E-state index contributed by atoms with van der Waals surface area (Å²) in [6.45, 7) is 1.14.